The van der Waals surface area contributed by atoms with Crippen molar-refractivity contribution in [2.45, 2.75) is 13.3 Å². The first-order valence-electron chi connectivity index (χ1n) is 10.3. The summed E-state index contributed by atoms with van der Waals surface area (Å²) in [5.74, 6) is 0.126. The minimum Gasteiger partial charge on any atom is -0.383 e. The number of nitrogens with zero attached hydrogens (tertiary/aromatic N) is 2. The lowest BCUT2D eigenvalue weighted by atomic mass is 10.1. The van der Waals surface area contributed by atoms with Crippen LogP contribution in [0, 0.1) is 6.92 Å². The van der Waals surface area contributed by atoms with Crippen molar-refractivity contribution < 1.29 is 4.79 Å². The van der Waals surface area contributed by atoms with Gasteiger partial charge in [0.25, 0.3) is 5.91 Å². The Morgan fingerprint density at radius 2 is 1.77 bits per heavy atom. The summed E-state index contributed by atoms with van der Waals surface area (Å²) in [6.45, 7) is 6.16. The Hall–Kier alpha value is -2.31. The molecule has 1 fully saturated rings. The van der Waals surface area contributed by atoms with Gasteiger partial charge in [-0.3, -0.25) is 4.79 Å². The quantitative estimate of drug-likeness (QED) is 0.507. The number of hydrogen-bond acceptors (Lipinski definition) is 4. The highest BCUT2D eigenvalue weighted by Gasteiger charge is 2.25. The third-order valence-corrected chi connectivity index (χ3v) is 7.30. The summed E-state index contributed by atoms with van der Waals surface area (Å²) in [6.07, 6.45) is 0.993. The van der Waals surface area contributed by atoms with Crippen molar-refractivity contribution in [1.82, 2.24) is 4.90 Å². The van der Waals surface area contributed by atoms with Crippen LogP contribution in [0.25, 0.3) is 0 Å². The maximum atomic E-state index is 12.8. The van der Waals surface area contributed by atoms with E-state index in [9.17, 15) is 4.79 Å². The predicted molar refractivity (Wildman–Crippen MR) is 130 cm³/mol. The molecule has 0 bridgehead atoms. The second kappa shape index (κ2) is 9.67. The lowest BCUT2D eigenvalue weighted by molar-refractivity contribution is 0.0751. The molecule has 0 atom stereocenters. The van der Waals surface area contributed by atoms with Crippen LogP contribution in [-0.4, -0.2) is 43.5 Å². The number of anilines is 2. The van der Waals surface area contributed by atoms with E-state index < -0.39 is 0 Å². The SMILES string of the molecule is Cc1ccc(CCNc2ccccc2N2CCN(C(=O)c3sccc3Br)CC2)cc1. The van der Waals surface area contributed by atoms with Crippen molar-refractivity contribution in [3.8, 4) is 0 Å². The van der Waals surface area contributed by atoms with E-state index in [2.05, 4.69) is 81.6 Å². The number of para-hydroxylation sites is 2. The van der Waals surface area contributed by atoms with Gasteiger partial charge in [0.2, 0.25) is 0 Å². The Labute approximate surface area is 190 Å². The molecule has 0 aliphatic carbocycles. The van der Waals surface area contributed by atoms with Gasteiger partial charge in [0.1, 0.15) is 4.88 Å². The average Bonchev–Trinajstić information content (AvgIpc) is 3.21. The average molecular weight is 484 g/mol. The number of nitrogens with one attached hydrogen (secondary N) is 1. The molecule has 2 heterocycles. The minimum absolute atomic E-state index is 0.126. The second-order valence-electron chi connectivity index (χ2n) is 7.56. The van der Waals surface area contributed by atoms with Crippen LogP contribution >= 0.6 is 27.3 Å². The summed E-state index contributed by atoms with van der Waals surface area (Å²) < 4.78 is 0.892. The Morgan fingerprint density at radius 3 is 2.47 bits per heavy atom. The molecule has 1 aliphatic rings. The highest BCUT2D eigenvalue weighted by molar-refractivity contribution is 9.10. The summed E-state index contributed by atoms with van der Waals surface area (Å²) in [7, 11) is 0. The first-order valence-corrected chi connectivity index (χ1v) is 11.9. The maximum absolute atomic E-state index is 12.8. The van der Waals surface area contributed by atoms with Crippen molar-refractivity contribution in [2.24, 2.45) is 0 Å². The number of thiophene rings is 1. The predicted octanol–water partition coefficient (Wildman–Crippen LogP) is 5.44. The Balaban J connectivity index is 1.35. The zero-order valence-corrected chi connectivity index (χ0v) is 19.5. The fraction of sp³-hybridized carbons (Fsp3) is 0.292. The molecule has 1 aromatic heterocycles. The van der Waals surface area contributed by atoms with Crippen molar-refractivity contribution in [3.05, 3.63) is 80.5 Å². The third-order valence-electron chi connectivity index (χ3n) is 5.47. The van der Waals surface area contributed by atoms with Crippen molar-refractivity contribution in [3.63, 3.8) is 0 Å². The fourth-order valence-electron chi connectivity index (χ4n) is 3.74. The van der Waals surface area contributed by atoms with Gasteiger partial charge in [-0.05, 0) is 58.4 Å². The molecule has 1 amide bonds. The molecular weight excluding hydrogens is 458 g/mol. The van der Waals surface area contributed by atoms with E-state index in [0.717, 1.165) is 54.2 Å². The van der Waals surface area contributed by atoms with Crippen LogP contribution in [0.4, 0.5) is 11.4 Å². The van der Waals surface area contributed by atoms with Crippen molar-refractivity contribution in [1.29, 1.82) is 0 Å². The summed E-state index contributed by atoms with van der Waals surface area (Å²) in [6, 6.07) is 19.1. The van der Waals surface area contributed by atoms with Gasteiger partial charge in [-0.15, -0.1) is 11.3 Å². The van der Waals surface area contributed by atoms with E-state index >= 15 is 0 Å². The number of piperazine rings is 1. The summed E-state index contributed by atoms with van der Waals surface area (Å²) >= 11 is 4.98. The number of halogens is 1. The molecule has 1 saturated heterocycles. The van der Waals surface area contributed by atoms with Crippen molar-refractivity contribution >= 4 is 44.5 Å². The zero-order valence-electron chi connectivity index (χ0n) is 17.1. The minimum atomic E-state index is 0.126. The Morgan fingerprint density at radius 1 is 1.03 bits per heavy atom. The molecule has 156 valence electrons. The van der Waals surface area contributed by atoms with E-state index in [-0.39, 0.29) is 5.91 Å². The van der Waals surface area contributed by atoms with E-state index in [1.165, 1.54) is 28.2 Å². The lowest BCUT2D eigenvalue weighted by Gasteiger charge is -2.37. The normalized spacial score (nSPS) is 14.1. The van der Waals surface area contributed by atoms with Gasteiger partial charge in [0.05, 0.1) is 11.4 Å². The molecule has 1 aliphatic heterocycles. The largest absolute Gasteiger partial charge is 0.383 e. The topological polar surface area (TPSA) is 35.6 Å². The first kappa shape index (κ1) is 20.9. The van der Waals surface area contributed by atoms with E-state index in [1.807, 2.05) is 16.3 Å². The molecule has 3 aromatic rings. The van der Waals surface area contributed by atoms with E-state index in [4.69, 9.17) is 0 Å². The van der Waals surface area contributed by atoms with Crippen LogP contribution in [0.1, 0.15) is 20.8 Å². The zero-order chi connectivity index (χ0) is 20.9. The summed E-state index contributed by atoms with van der Waals surface area (Å²) in [5.41, 5.74) is 5.01. The van der Waals surface area contributed by atoms with Crippen LogP contribution in [0.2, 0.25) is 0 Å². The monoisotopic (exact) mass is 483 g/mol. The second-order valence-corrected chi connectivity index (χ2v) is 9.33. The highest BCUT2D eigenvalue weighted by Crippen LogP contribution is 2.28. The van der Waals surface area contributed by atoms with Gasteiger partial charge in [0, 0.05) is 37.2 Å². The number of rotatable bonds is 6. The van der Waals surface area contributed by atoms with Gasteiger partial charge in [0.15, 0.2) is 0 Å². The molecule has 0 spiro atoms. The standard InChI is InChI=1S/C24H26BrN3OS/c1-18-6-8-19(9-7-18)10-12-26-21-4-2-3-5-22(21)27-13-15-28(16-14-27)24(29)23-20(25)11-17-30-23/h2-9,11,17,26H,10,12-16H2,1H3. The number of carbonyl (C=O) groups excluding carboxylic acids is 1. The Kier molecular flexibility index (Phi) is 6.75. The number of amides is 1. The molecule has 1 N–H and O–H groups in total. The molecule has 4 rings (SSSR count). The van der Waals surface area contributed by atoms with Gasteiger partial charge in [-0.1, -0.05) is 42.0 Å². The van der Waals surface area contributed by atoms with Crippen LogP contribution < -0.4 is 10.2 Å². The van der Waals surface area contributed by atoms with Gasteiger partial charge in [-0.2, -0.15) is 0 Å². The first-order chi connectivity index (χ1) is 14.6. The maximum Gasteiger partial charge on any atom is 0.265 e. The van der Waals surface area contributed by atoms with Crippen molar-refractivity contribution in [2.75, 3.05) is 42.9 Å². The van der Waals surface area contributed by atoms with Crippen LogP contribution in [0.15, 0.2) is 64.5 Å². The molecule has 6 heteroatoms. The van der Waals surface area contributed by atoms with Gasteiger partial charge < -0.3 is 15.1 Å². The Bertz CT molecular complexity index is 994. The van der Waals surface area contributed by atoms with Crippen LogP contribution in [0.5, 0.6) is 0 Å². The lowest BCUT2D eigenvalue weighted by Crippen LogP contribution is -2.48. The number of carbonyl (C=O) groups is 1. The number of benzene rings is 2. The molecule has 0 radical (unpaired) electrons. The molecule has 2 aromatic carbocycles. The van der Waals surface area contributed by atoms with E-state index in [0.29, 0.717) is 0 Å². The smallest absolute Gasteiger partial charge is 0.265 e. The van der Waals surface area contributed by atoms with Gasteiger partial charge in [-0.25, -0.2) is 0 Å². The third kappa shape index (κ3) is 4.87. The molecule has 30 heavy (non-hydrogen) atoms. The number of hydrogen-bond donors (Lipinski definition) is 1. The van der Waals surface area contributed by atoms with Gasteiger partial charge >= 0.3 is 0 Å². The van der Waals surface area contributed by atoms with Crippen LogP contribution in [0.3, 0.4) is 0 Å². The van der Waals surface area contributed by atoms with E-state index in [1.54, 1.807) is 0 Å². The van der Waals surface area contributed by atoms with Crippen LogP contribution in [-0.2, 0) is 6.42 Å². The highest BCUT2D eigenvalue weighted by atomic mass is 79.9. The summed E-state index contributed by atoms with van der Waals surface area (Å²) in [5, 5.41) is 5.56. The molecule has 4 nitrogen and oxygen atoms in total. The molecular formula is C24H26BrN3OS. The fourth-order valence-corrected chi connectivity index (χ4v) is 5.24. The molecule has 0 saturated carbocycles. The number of aryl methyl sites for hydroxylation is 1. The summed E-state index contributed by atoms with van der Waals surface area (Å²) in [4.78, 5) is 17.9. The molecule has 0 unspecified atom stereocenters.